The van der Waals surface area contributed by atoms with Gasteiger partial charge in [-0.1, -0.05) is 59.5 Å². The van der Waals surface area contributed by atoms with Crippen LogP contribution in [0.5, 0.6) is 0 Å². The molecule has 0 aliphatic heterocycles. The zero-order valence-corrected chi connectivity index (χ0v) is 12.6. The molecule has 0 radical (unpaired) electrons. The fourth-order valence-corrected chi connectivity index (χ4v) is 3.63. The molecular formula is C13H14N2S3. The molecule has 94 valence electrons. The van der Waals surface area contributed by atoms with Gasteiger partial charge in [-0.2, -0.15) is 5.10 Å². The van der Waals surface area contributed by atoms with Gasteiger partial charge >= 0.3 is 0 Å². The van der Waals surface area contributed by atoms with Crippen LogP contribution < -0.4 is 0 Å². The minimum Gasteiger partial charge on any atom is -0.257 e. The minimum atomic E-state index is 0.739. The fourth-order valence-electron chi connectivity index (χ4n) is 1.49. The highest BCUT2D eigenvalue weighted by Crippen LogP contribution is 2.21. The third-order valence-corrected chi connectivity index (χ3v) is 4.72. The topological polar surface area (TPSA) is 28.7 Å². The van der Waals surface area contributed by atoms with E-state index in [0.717, 1.165) is 26.0 Å². The summed E-state index contributed by atoms with van der Waals surface area (Å²) in [6.45, 7) is 5.96. The smallest absolute Gasteiger partial charge is 0.177 e. The van der Waals surface area contributed by atoms with Gasteiger partial charge in [0.1, 0.15) is 0 Å². The lowest BCUT2D eigenvalue weighted by Gasteiger charge is -2.03. The summed E-state index contributed by atoms with van der Waals surface area (Å²) in [6.07, 6.45) is 1.04. The average Bonchev–Trinajstić information content (AvgIpc) is 2.76. The molecule has 0 fully saturated rings. The van der Waals surface area contributed by atoms with Gasteiger partial charge in [0.25, 0.3) is 0 Å². The van der Waals surface area contributed by atoms with Crippen molar-refractivity contribution in [2.24, 2.45) is 0 Å². The molecule has 1 aromatic heterocycles. The summed E-state index contributed by atoms with van der Waals surface area (Å²) in [7, 11) is 0. The molecule has 0 saturated heterocycles. The number of hydrogen-bond donors (Lipinski definition) is 1. The van der Waals surface area contributed by atoms with Crippen LogP contribution >= 0.6 is 35.3 Å². The summed E-state index contributed by atoms with van der Waals surface area (Å²) in [5.41, 5.74) is 3.65. The van der Waals surface area contributed by atoms with Crippen molar-refractivity contribution in [3.8, 4) is 0 Å². The average molecular weight is 294 g/mol. The van der Waals surface area contributed by atoms with E-state index in [4.69, 9.17) is 12.2 Å². The van der Waals surface area contributed by atoms with Crippen LogP contribution in [-0.4, -0.2) is 16.0 Å². The van der Waals surface area contributed by atoms with E-state index in [9.17, 15) is 0 Å². The predicted molar refractivity (Wildman–Crippen MR) is 82.9 cm³/mol. The minimum absolute atomic E-state index is 0.739. The maximum absolute atomic E-state index is 4.99. The number of allylic oxidation sites excluding steroid dienone is 1. The Balaban J connectivity index is 1.86. The van der Waals surface area contributed by atoms with E-state index in [1.807, 2.05) is 6.92 Å². The Morgan fingerprint density at radius 1 is 1.44 bits per heavy atom. The van der Waals surface area contributed by atoms with Crippen LogP contribution in [0.4, 0.5) is 0 Å². The van der Waals surface area contributed by atoms with Crippen molar-refractivity contribution in [3.63, 3.8) is 0 Å². The molecule has 1 N–H and O–H groups in total. The number of nitrogens with zero attached hydrogens (tertiary/aromatic N) is 1. The predicted octanol–water partition coefficient (Wildman–Crippen LogP) is 4.57. The Morgan fingerprint density at radius 2 is 2.17 bits per heavy atom. The van der Waals surface area contributed by atoms with Crippen molar-refractivity contribution in [3.05, 3.63) is 45.9 Å². The molecule has 1 aromatic carbocycles. The van der Waals surface area contributed by atoms with E-state index < -0.39 is 0 Å². The number of H-pyrrole nitrogens is 1. The van der Waals surface area contributed by atoms with Crippen LogP contribution in [0.2, 0.25) is 0 Å². The van der Waals surface area contributed by atoms with E-state index in [-0.39, 0.29) is 0 Å². The van der Waals surface area contributed by atoms with Gasteiger partial charge in [-0.15, -0.1) is 0 Å². The van der Waals surface area contributed by atoms with Crippen molar-refractivity contribution in [1.29, 1.82) is 0 Å². The van der Waals surface area contributed by atoms with Gasteiger partial charge in [0.15, 0.2) is 8.29 Å². The zero-order chi connectivity index (χ0) is 13.0. The number of hydrogen-bond acceptors (Lipinski definition) is 4. The first kappa shape index (κ1) is 13.5. The van der Waals surface area contributed by atoms with Gasteiger partial charge in [0.2, 0.25) is 0 Å². The molecular weight excluding hydrogens is 280 g/mol. The highest BCUT2D eigenvalue weighted by Gasteiger charge is 2.00. The SMILES string of the molecule is C=C(C)c1ccc(CCSc2n[nH]c(=S)s2)cc1. The molecule has 5 heteroatoms. The summed E-state index contributed by atoms with van der Waals surface area (Å²) in [6, 6.07) is 8.58. The van der Waals surface area contributed by atoms with Crippen molar-refractivity contribution < 1.29 is 0 Å². The number of aromatic nitrogens is 2. The molecule has 2 aromatic rings. The van der Waals surface area contributed by atoms with Crippen molar-refractivity contribution in [1.82, 2.24) is 10.2 Å². The fraction of sp³-hybridized carbons (Fsp3) is 0.231. The molecule has 0 spiro atoms. The zero-order valence-electron chi connectivity index (χ0n) is 10.1. The van der Waals surface area contributed by atoms with Gasteiger partial charge in [0.05, 0.1) is 0 Å². The van der Waals surface area contributed by atoms with Crippen LogP contribution in [-0.2, 0) is 6.42 Å². The molecule has 0 saturated carbocycles. The maximum atomic E-state index is 4.99. The van der Waals surface area contributed by atoms with Crippen LogP contribution in [0.3, 0.4) is 0 Å². The molecule has 18 heavy (non-hydrogen) atoms. The molecule has 2 rings (SSSR count). The van der Waals surface area contributed by atoms with Gasteiger partial charge in [-0.25, -0.2) is 0 Å². The second-order valence-electron chi connectivity index (χ2n) is 3.95. The molecule has 1 heterocycles. The summed E-state index contributed by atoms with van der Waals surface area (Å²) in [4.78, 5) is 0. The summed E-state index contributed by atoms with van der Waals surface area (Å²) < 4.78 is 1.75. The molecule has 0 bridgehead atoms. The number of aryl methyl sites for hydroxylation is 1. The van der Waals surface area contributed by atoms with E-state index in [1.165, 1.54) is 22.5 Å². The largest absolute Gasteiger partial charge is 0.257 e. The lowest BCUT2D eigenvalue weighted by atomic mass is 10.1. The van der Waals surface area contributed by atoms with E-state index in [2.05, 4.69) is 41.0 Å². The Kier molecular flexibility index (Phi) is 4.74. The van der Waals surface area contributed by atoms with Crippen LogP contribution in [0.15, 0.2) is 35.2 Å². The summed E-state index contributed by atoms with van der Waals surface area (Å²) in [5.74, 6) is 1.02. The van der Waals surface area contributed by atoms with Gasteiger partial charge in [0, 0.05) is 5.75 Å². The third-order valence-electron chi connectivity index (χ3n) is 2.48. The van der Waals surface area contributed by atoms with E-state index >= 15 is 0 Å². The monoisotopic (exact) mass is 294 g/mol. The number of thioether (sulfide) groups is 1. The number of rotatable bonds is 5. The molecule has 0 unspecified atom stereocenters. The lowest BCUT2D eigenvalue weighted by Crippen LogP contribution is -1.89. The van der Waals surface area contributed by atoms with Crippen LogP contribution in [0.25, 0.3) is 5.57 Å². The van der Waals surface area contributed by atoms with Crippen molar-refractivity contribution >= 4 is 40.9 Å². The van der Waals surface area contributed by atoms with Crippen molar-refractivity contribution in [2.75, 3.05) is 5.75 Å². The second-order valence-corrected chi connectivity index (χ2v) is 6.96. The Bertz CT molecular complexity index is 581. The molecule has 0 amide bonds. The first-order valence-corrected chi connectivity index (χ1v) is 7.79. The molecule has 0 aliphatic rings. The van der Waals surface area contributed by atoms with Gasteiger partial charge in [-0.3, -0.25) is 5.10 Å². The third kappa shape index (κ3) is 3.80. The second kappa shape index (κ2) is 6.31. The quantitative estimate of drug-likeness (QED) is 0.647. The summed E-state index contributed by atoms with van der Waals surface area (Å²) in [5, 5.41) is 6.91. The van der Waals surface area contributed by atoms with Gasteiger partial charge < -0.3 is 0 Å². The molecule has 2 nitrogen and oxygen atoms in total. The Labute approximate surface area is 120 Å². The summed E-state index contributed by atoms with van der Waals surface area (Å²) >= 11 is 8.26. The van der Waals surface area contributed by atoms with Crippen LogP contribution in [0.1, 0.15) is 18.1 Å². The standard InChI is InChI=1S/C13H14N2S3/c1-9(2)11-5-3-10(4-6-11)7-8-17-13-15-14-12(16)18-13/h3-6H,1,7-8H2,2H3,(H,14,16). The van der Waals surface area contributed by atoms with E-state index in [1.54, 1.807) is 11.8 Å². The van der Waals surface area contributed by atoms with Crippen LogP contribution in [0, 0.1) is 3.95 Å². The Morgan fingerprint density at radius 3 is 2.72 bits per heavy atom. The highest BCUT2D eigenvalue weighted by molar-refractivity contribution is 8.01. The molecule has 0 aliphatic carbocycles. The highest BCUT2D eigenvalue weighted by atomic mass is 32.2. The lowest BCUT2D eigenvalue weighted by molar-refractivity contribution is 1.00. The first-order chi connectivity index (χ1) is 8.65. The number of aromatic amines is 1. The van der Waals surface area contributed by atoms with E-state index in [0.29, 0.717) is 0 Å². The maximum Gasteiger partial charge on any atom is 0.177 e. The number of benzene rings is 1. The van der Waals surface area contributed by atoms with Crippen molar-refractivity contribution in [2.45, 2.75) is 17.7 Å². The molecule has 0 atom stereocenters. The normalized spacial score (nSPS) is 10.5. The number of nitrogens with one attached hydrogen (secondary N) is 1. The first-order valence-electron chi connectivity index (χ1n) is 5.58. The Hall–Kier alpha value is -0.910. The van der Waals surface area contributed by atoms with Gasteiger partial charge in [-0.05, 0) is 36.7 Å².